The lowest BCUT2D eigenvalue weighted by atomic mass is 9.96. The van der Waals surface area contributed by atoms with Crippen molar-refractivity contribution in [2.45, 2.75) is 58.2 Å². The molecule has 1 aliphatic heterocycles. The third kappa shape index (κ3) is 4.48. The first-order chi connectivity index (χ1) is 12.8. The number of ether oxygens (including phenoxy) is 1. The molecule has 2 atom stereocenters. The zero-order chi connectivity index (χ0) is 19.6. The summed E-state index contributed by atoms with van der Waals surface area (Å²) in [6.07, 6.45) is 1.27. The first-order valence-corrected chi connectivity index (χ1v) is 9.33. The molecule has 1 N–H and O–H groups in total. The van der Waals surface area contributed by atoms with E-state index < -0.39 is 5.60 Å². The van der Waals surface area contributed by atoms with Crippen molar-refractivity contribution in [1.29, 1.82) is 5.26 Å². The van der Waals surface area contributed by atoms with Gasteiger partial charge in [-0.25, -0.2) is 9.78 Å². The van der Waals surface area contributed by atoms with Crippen LogP contribution in [0.3, 0.4) is 0 Å². The van der Waals surface area contributed by atoms with Crippen molar-refractivity contribution in [2.75, 3.05) is 11.4 Å². The van der Waals surface area contributed by atoms with Crippen molar-refractivity contribution in [3.63, 3.8) is 0 Å². The second kappa shape index (κ2) is 7.43. The Morgan fingerprint density at radius 2 is 2.11 bits per heavy atom. The van der Waals surface area contributed by atoms with Crippen molar-refractivity contribution >= 4 is 22.7 Å². The molecule has 3 rings (SSSR count). The summed E-state index contributed by atoms with van der Waals surface area (Å²) >= 11 is 0. The zero-order valence-electron chi connectivity index (χ0n) is 16.3. The molecule has 0 bridgehead atoms. The molecule has 1 aliphatic rings. The fourth-order valence-electron chi connectivity index (χ4n) is 3.59. The normalized spacial score (nSPS) is 20.2. The molecule has 1 fully saturated rings. The van der Waals surface area contributed by atoms with E-state index in [0.717, 1.165) is 36.0 Å². The lowest BCUT2D eigenvalue weighted by Gasteiger charge is -2.40. The number of amides is 1. The van der Waals surface area contributed by atoms with Crippen LogP contribution in [0, 0.1) is 11.3 Å². The lowest BCUT2D eigenvalue weighted by molar-refractivity contribution is 0.0494. The van der Waals surface area contributed by atoms with Gasteiger partial charge >= 0.3 is 6.09 Å². The van der Waals surface area contributed by atoms with Crippen LogP contribution in [0.15, 0.2) is 30.3 Å². The van der Waals surface area contributed by atoms with Crippen LogP contribution >= 0.6 is 0 Å². The van der Waals surface area contributed by atoms with Gasteiger partial charge in [0.2, 0.25) is 0 Å². The minimum Gasteiger partial charge on any atom is -0.444 e. The molecule has 2 heterocycles. The largest absolute Gasteiger partial charge is 0.444 e. The van der Waals surface area contributed by atoms with Gasteiger partial charge in [0.05, 0.1) is 5.52 Å². The van der Waals surface area contributed by atoms with Crippen molar-refractivity contribution in [3.8, 4) is 6.07 Å². The molecule has 0 aliphatic carbocycles. The average Bonchev–Trinajstić information content (AvgIpc) is 2.59. The summed E-state index contributed by atoms with van der Waals surface area (Å²) in [6.45, 7) is 8.52. The average molecular weight is 366 g/mol. The number of hydrogen-bond acceptors (Lipinski definition) is 5. The number of hydrogen-bond donors (Lipinski definition) is 1. The number of carbonyl (C=O) groups excluding carboxylic acids is 1. The number of para-hydroxylation sites is 1. The number of carbonyl (C=O) groups is 1. The number of rotatable bonds is 2. The van der Waals surface area contributed by atoms with E-state index in [1.807, 2.05) is 51.1 Å². The molecule has 27 heavy (non-hydrogen) atoms. The Balaban J connectivity index is 1.77. The number of aromatic nitrogens is 1. The quantitative estimate of drug-likeness (QED) is 0.869. The number of piperidine rings is 1. The summed E-state index contributed by atoms with van der Waals surface area (Å²) in [5, 5.41) is 13.4. The van der Waals surface area contributed by atoms with Crippen LogP contribution in [0.1, 0.15) is 46.2 Å². The van der Waals surface area contributed by atoms with E-state index >= 15 is 0 Å². The number of alkyl carbamates (subject to hydrolysis) is 1. The topological polar surface area (TPSA) is 78.2 Å². The predicted octanol–water partition coefficient (Wildman–Crippen LogP) is 3.99. The molecule has 6 nitrogen and oxygen atoms in total. The Morgan fingerprint density at radius 3 is 2.78 bits per heavy atom. The maximum atomic E-state index is 12.1. The van der Waals surface area contributed by atoms with Gasteiger partial charge in [-0.15, -0.1) is 0 Å². The van der Waals surface area contributed by atoms with Crippen LogP contribution in [0.5, 0.6) is 0 Å². The molecule has 1 aromatic heterocycles. The maximum absolute atomic E-state index is 12.1. The highest BCUT2D eigenvalue weighted by molar-refractivity contribution is 5.92. The van der Waals surface area contributed by atoms with E-state index in [1.54, 1.807) is 0 Å². The van der Waals surface area contributed by atoms with Gasteiger partial charge in [0, 0.05) is 29.7 Å². The summed E-state index contributed by atoms with van der Waals surface area (Å²) in [6, 6.07) is 12.2. The maximum Gasteiger partial charge on any atom is 0.407 e. The standard InChI is InChI=1S/C21H26N4O2/c1-14-11-15(24-20(26)27-21(2,3)4)9-10-25(14)19-12-16(13-22)23-18-8-6-5-7-17(18)19/h5-8,12,14-15H,9-11H2,1-4H3,(H,24,26). The molecule has 1 aromatic carbocycles. The Morgan fingerprint density at radius 1 is 1.37 bits per heavy atom. The smallest absolute Gasteiger partial charge is 0.407 e. The third-order valence-corrected chi connectivity index (χ3v) is 4.72. The van der Waals surface area contributed by atoms with Gasteiger partial charge in [-0.2, -0.15) is 5.26 Å². The predicted molar refractivity (Wildman–Crippen MR) is 106 cm³/mol. The molecule has 0 radical (unpaired) electrons. The molecular weight excluding hydrogens is 340 g/mol. The summed E-state index contributed by atoms with van der Waals surface area (Å²) in [4.78, 5) is 18.8. The molecular formula is C21H26N4O2. The van der Waals surface area contributed by atoms with Gasteiger partial charge in [0.15, 0.2) is 0 Å². The number of nitrogens with zero attached hydrogens (tertiary/aromatic N) is 3. The van der Waals surface area contributed by atoms with Crippen molar-refractivity contribution < 1.29 is 9.53 Å². The Kier molecular flexibility index (Phi) is 5.22. The second-order valence-electron chi connectivity index (χ2n) is 8.07. The number of nitriles is 1. The fraction of sp³-hybridized carbons (Fsp3) is 0.476. The minimum absolute atomic E-state index is 0.0784. The Bertz CT molecular complexity index is 882. The second-order valence-corrected chi connectivity index (χ2v) is 8.07. The third-order valence-electron chi connectivity index (χ3n) is 4.72. The van der Waals surface area contributed by atoms with E-state index in [4.69, 9.17) is 4.74 Å². The summed E-state index contributed by atoms with van der Waals surface area (Å²) in [7, 11) is 0. The van der Waals surface area contributed by atoms with Crippen LogP contribution < -0.4 is 10.2 Å². The molecule has 1 saturated heterocycles. The molecule has 0 spiro atoms. The van der Waals surface area contributed by atoms with Gasteiger partial charge in [-0.3, -0.25) is 0 Å². The minimum atomic E-state index is -0.500. The lowest BCUT2D eigenvalue weighted by Crippen LogP contribution is -2.50. The van der Waals surface area contributed by atoms with Crippen LogP contribution in [0.4, 0.5) is 10.5 Å². The number of nitrogens with one attached hydrogen (secondary N) is 1. The molecule has 2 aromatic rings. The zero-order valence-corrected chi connectivity index (χ0v) is 16.3. The monoisotopic (exact) mass is 366 g/mol. The van der Waals surface area contributed by atoms with E-state index in [1.165, 1.54) is 0 Å². The molecule has 142 valence electrons. The highest BCUT2D eigenvalue weighted by Crippen LogP contribution is 2.31. The van der Waals surface area contributed by atoms with Gasteiger partial charge in [-0.05, 0) is 52.7 Å². The van der Waals surface area contributed by atoms with Gasteiger partial charge in [-0.1, -0.05) is 18.2 Å². The van der Waals surface area contributed by atoms with Crippen molar-refractivity contribution in [3.05, 3.63) is 36.0 Å². The molecule has 1 amide bonds. The first kappa shape index (κ1) is 19.0. The van der Waals surface area contributed by atoms with Crippen LogP contribution in [-0.2, 0) is 4.74 Å². The van der Waals surface area contributed by atoms with Gasteiger partial charge < -0.3 is 15.0 Å². The Hall–Kier alpha value is -2.81. The van der Waals surface area contributed by atoms with Crippen molar-refractivity contribution in [2.24, 2.45) is 0 Å². The Labute approximate surface area is 160 Å². The highest BCUT2D eigenvalue weighted by Gasteiger charge is 2.29. The molecule has 2 unspecified atom stereocenters. The van der Waals surface area contributed by atoms with Gasteiger partial charge in [0.1, 0.15) is 17.4 Å². The number of benzene rings is 1. The summed E-state index contributed by atoms with van der Waals surface area (Å²) in [5.41, 5.74) is 1.78. The first-order valence-electron chi connectivity index (χ1n) is 9.33. The molecule has 6 heteroatoms. The van der Waals surface area contributed by atoms with Crippen molar-refractivity contribution in [1.82, 2.24) is 10.3 Å². The number of pyridine rings is 1. The SMILES string of the molecule is CC1CC(NC(=O)OC(C)(C)C)CCN1c1cc(C#N)nc2ccccc12. The van der Waals surface area contributed by atoms with Crippen LogP contribution in [0.25, 0.3) is 10.9 Å². The van der Waals surface area contributed by atoms with E-state index in [9.17, 15) is 10.1 Å². The van der Waals surface area contributed by atoms with E-state index in [2.05, 4.69) is 28.2 Å². The highest BCUT2D eigenvalue weighted by atomic mass is 16.6. The number of anilines is 1. The summed E-state index contributed by atoms with van der Waals surface area (Å²) < 4.78 is 5.37. The fourth-order valence-corrected chi connectivity index (χ4v) is 3.59. The molecule has 0 saturated carbocycles. The van der Waals surface area contributed by atoms with Crippen LogP contribution in [-0.4, -0.2) is 35.3 Å². The van der Waals surface area contributed by atoms with Gasteiger partial charge in [0.25, 0.3) is 0 Å². The summed E-state index contributed by atoms with van der Waals surface area (Å²) in [5.74, 6) is 0. The van der Waals surface area contributed by atoms with E-state index in [-0.39, 0.29) is 18.2 Å². The van der Waals surface area contributed by atoms with Crippen LogP contribution in [0.2, 0.25) is 0 Å². The number of fused-ring (bicyclic) bond motifs is 1. The van der Waals surface area contributed by atoms with E-state index in [0.29, 0.717) is 5.69 Å².